The first-order valence-electron chi connectivity index (χ1n) is 5.00. The van der Waals surface area contributed by atoms with Crippen molar-refractivity contribution in [2.24, 2.45) is 5.92 Å². The fourth-order valence-corrected chi connectivity index (χ4v) is 1.97. The zero-order chi connectivity index (χ0) is 10.7. The Kier molecular flexibility index (Phi) is 3.49. The predicted octanol–water partition coefficient (Wildman–Crippen LogP) is 1.11. The SMILES string of the molecule is C[C@@H]1[C@@H](CC(=O)O)CCCC(=O)N1C. The van der Waals surface area contributed by atoms with Gasteiger partial charge < -0.3 is 10.0 Å². The zero-order valence-corrected chi connectivity index (χ0v) is 8.69. The van der Waals surface area contributed by atoms with Crippen molar-refractivity contribution < 1.29 is 14.7 Å². The van der Waals surface area contributed by atoms with Crippen LogP contribution in [0.1, 0.15) is 32.6 Å². The number of nitrogens with zero attached hydrogens (tertiary/aromatic N) is 1. The van der Waals surface area contributed by atoms with Crippen LogP contribution in [0.4, 0.5) is 0 Å². The molecule has 1 aliphatic rings. The molecule has 0 aromatic carbocycles. The molecule has 0 unspecified atom stereocenters. The molecule has 1 heterocycles. The minimum Gasteiger partial charge on any atom is -0.481 e. The number of hydrogen-bond acceptors (Lipinski definition) is 2. The van der Waals surface area contributed by atoms with Crippen LogP contribution in [0.15, 0.2) is 0 Å². The number of carboxylic acids is 1. The Morgan fingerprint density at radius 3 is 2.86 bits per heavy atom. The molecule has 4 nitrogen and oxygen atoms in total. The number of carboxylic acid groups (broad SMARTS) is 1. The quantitative estimate of drug-likeness (QED) is 0.724. The third kappa shape index (κ3) is 2.47. The van der Waals surface area contributed by atoms with Crippen molar-refractivity contribution in [1.82, 2.24) is 4.90 Å². The molecule has 0 aromatic heterocycles. The maximum atomic E-state index is 11.4. The maximum Gasteiger partial charge on any atom is 0.303 e. The van der Waals surface area contributed by atoms with E-state index in [1.165, 1.54) is 0 Å². The summed E-state index contributed by atoms with van der Waals surface area (Å²) in [4.78, 5) is 23.7. The molecule has 0 radical (unpaired) electrons. The van der Waals surface area contributed by atoms with Gasteiger partial charge in [0, 0.05) is 19.5 Å². The summed E-state index contributed by atoms with van der Waals surface area (Å²) in [5.74, 6) is -0.543. The summed E-state index contributed by atoms with van der Waals surface area (Å²) in [6.07, 6.45) is 2.37. The Hall–Kier alpha value is -1.06. The zero-order valence-electron chi connectivity index (χ0n) is 8.69. The molecule has 1 aliphatic heterocycles. The molecule has 4 heteroatoms. The lowest BCUT2D eigenvalue weighted by Gasteiger charge is -2.28. The van der Waals surface area contributed by atoms with Gasteiger partial charge in [-0.3, -0.25) is 9.59 Å². The number of rotatable bonds is 2. The average molecular weight is 199 g/mol. The summed E-state index contributed by atoms with van der Waals surface area (Å²) in [6, 6.07) is 0.0427. The van der Waals surface area contributed by atoms with Crippen LogP contribution in [0, 0.1) is 5.92 Å². The third-order valence-electron chi connectivity index (χ3n) is 3.09. The van der Waals surface area contributed by atoms with Gasteiger partial charge in [-0.05, 0) is 25.7 Å². The van der Waals surface area contributed by atoms with Crippen molar-refractivity contribution in [3.8, 4) is 0 Å². The van der Waals surface area contributed by atoms with E-state index < -0.39 is 5.97 Å². The highest BCUT2D eigenvalue weighted by Crippen LogP contribution is 2.25. The minimum atomic E-state index is -0.774. The summed E-state index contributed by atoms with van der Waals surface area (Å²) in [5, 5.41) is 8.72. The lowest BCUT2D eigenvalue weighted by molar-refractivity contribution is -0.140. The van der Waals surface area contributed by atoms with Gasteiger partial charge in [0.05, 0.1) is 6.42 Å². The molecule has 1 rings (SSSR count). The molecule has 0 bridgehead atoms. The predicted molar refractivity (Wildman–Crippen MR) is 51.8 cm³/mol. The first kappa shape index (κ1) is 11.0. The van der Waals surface area contributed by atoms with E-state index in [0.29, 0.717) is 6.42 Å². The maximum absolute atomic E-state index is 11.4. The molecule has 0 spiro atoms. The lowest BCUT2D eigenvalue weighted by atomic mass is 9.93. The molecule has 0 aliphatic carbocycles. The van der Waals surface area contributed by atoms with Gasteiger partial charge in [-0.15, -0.1) is 0 Å². The van der Waals surface area contributed by atoms with E-state index in [1.54, 1.807) is 11.9 Å². The van der Waals surface area contributed by atoms with Crippen molar-refractivity contribution >= 4 is 11.9 Å². The highest BCUT2D eigenvalue weighted by Gasteiger charge is 2.29. The molecule has 1 saturated heterocycles. The summed E-state index contributed by atoms with van der Waals surface area (Å²) < 4.78 is 0. The topological polar surface area (TPSA) is 57.6 Å². The Balaban J connectivity index is 2.67. The first-order valence-corrected chi connectivity index (χ1v) is 5.00. The van der Waals surface area contributed by atoms with E-state index in [9.17, 15) is 9.59 Å². The van der Waals surface area contributed by atoms with Gasteiger partial charge in [0.2, 0.25) is 5.91 Å². The van der Waals surface area contributed by atoms with Crippen molar-refractivity contribution in [3.63, 3.8) is 0 Å². The molecular weight excluding hydrogens is 182 g/mol. The van der Waals surface area contributed by atoms with E-state index in [4.69, 9.17) is 5.11 Å². The van der Waals surface area contributed by atoms with Crippen LogP contribution in [0.25, 0.3) is 0 Å². The second-order valence-electron chi connectivity index (χ2n) is 4.00. The molecule has 14 heavy (non-hydrogen) atoms. The Bertz CT molecular complexity index is 240. The van der Waals surface area contributed by atoms with Crippen LogP contribution in [0.3, 0.4) is 0 Å². The fraction of sp³-hybridized carbons (Fsp3) is 0.800. The lowest BCUT2D eigenvalue weighted by Crippen LogP contribution is -2.38. The summed E-state index contributed by atoms with van der Waals surface area (Å²) in [7, 11) is 1.76. The first-order chi connectivity index (χ1) is 6.52. The number of likely N-dealkylation sites (tertiary alicyclic amines) is 1. The Labute approximate surface area is 83.9 Å². The van der Waals surface area contributed by atoms with Crippen LogP contribution in [-0.4, -0.2) is 35.0 Å². The summed E-state index contributed by atoms with van der Waals surface area (Å²) >= 11 is 0. The second-order valence-corrected chi connectivity index (χ2v) is 4.00. The third-order valence-corrected chi connectivity index (χ3v) is 3.09. The van der Waals surface area contributed by atoms with Crippen molar-refractivity contribution in [1.29, 1.82) is 0 Å². The highest BCUT2D eigenvalue weighted by molar-refractivity contribution is 5.76. The molecule has 80 valence electrons. The van der Waals surface area contributed by atoms with Crippen LogP contribution in [0.2, 0.25) is 0 Å². The smallest absolute Gasteiger partial charge is 0.303 e. The minimum absolute atomic E-state index is 0.0427. The monoisotopic (exact) mass is 199 g/mol. The summed E-state index contributed by atoms with van der Waals surface area (Å²) in [5.41, 5.74) is 0. The molecule has 1 N–H and O–H groups in total. The number of amides is 1. The number of aliphatic carboxylic acids is 1. The molecule has 1 amide bonds. The van der Waals surface area contributed by atoms with Gasteiger partial charge in [0.1, 0.15) is 0 Å². The molecule has 2 atom stereocenters. The molecule has 0 aromatic rings. The van der Waals surface area contributed by atoms with Gasteiger partial charge >= 0.3 is 5.97 Å². The number of carbonyl (C=O) groups excluding carboxylic acids is 1. The van der Waals surface area contributed by atoms with E-state index in [2.05, 4.69) is 0 Å². The van der Waals surface area contributed by atoms with E-state index >= 15 is 0 Å². The largest absolute Gasteiger partial charge is 0.481 e. The van der Waals surface area contributed by atoms with Crippen LogP contribution in [-0.2, 0) is 9.59 Å². The standard InChI is InChI=1S/C10H17NO3/c1-7-8(6-10(13)14)4-3-5-9(12)11(7)2/h7-8H,3-6H2,1-2H3,(H,13,14)/t7-,8-/m1/s1. The second kappa shape index (κ2) is 4.44. The van der Waals surface area contributed by atoms with Gasteiger partial charge in [-0.1, -0.05) is 0 Å². The Morgan fingerprint density at radius 2 is 2.29 bits per heavy atom. The molecular formula is C10H17NO3. The van der Waals surface area contributed by atoms with Gasteiger partial charge in [-0.25, -0.2) is 0 Å². The number of hydrogen-bond donors (Lipinski definition) is 1. The van der Waals surface area contributed by atoms with E-state index in [-0.39, 0.29) is 24.3 Å². The van der Waals surface area contributed by atoms with Crippen molar-refractivity contribution in [2.75, 3.05) is 7.05 Å². The van der Waals surface area contributed by atoms with Crippen LogP contribution in [0.5, 0.6) is 0 Å². The van der Waals surface area contributed by atoms with Crippen molar-refractivity contribution in [2.45, 2.75) is 38.6 Å². The average Bonchev–Trinajstić information content (AvgIpc) is 2.21. The van der Waals surface area contributed by atoms with Crippen LogP contribution >= 0.6 is 0 Å². The van der Waals surface area contributed by atoms with Gasteiger partial charge in [0.15, 0.2) is 0 Å². The van der Waals surface area contributed by atoms with Crippen LogP contribution < -0.4 is 0 Å². The van der Waals surface area contributed by atoms with E-state index in [0.717, 1.165) is 12.8 Å². The Morgan fingerprint density at radius 1 is 1.64 bits per heavy atom. The van der Waals surface area contributed by atoms with Gasteiger partial charge in [0.25, 0.3) is 0 Å². The fourth-order valence-electron chi connectivity index (χ4n) is 1.97. The normalized spacial score (nSPS) is 28.7. The molecule has 1 fully saturated rings. The molecule has 0 saturated carbocycles. The van der Waals surface area contributed by atoms with Gasteiger partial charge in [-0.2, -0.15) is 0 Å². The number of carbonyl (C=O) groups is 2. The van der Waals surface area contributed by atoms with E-state index in [1.807, 2.05) is 6.92 Å². The highest BCUT2D eigenvalue weighted by atomic mass is 16.4. The summed E-state index contributed by atoms with van der Waals surface area (Å²) in [6.45, 7) is 1.93. The van der Waals surface area contributed by atoms with Crippen molar-refractivity contribution in [3.05, 3.63) is 0 Å².